The maximum absolute atomic E-state index is 6.07. The lowest BCUT2D eigenvalue weighted by molar-refractivity contribution is -0.0390. The molecule has 116 valence electrons. The third-order valence-electron chi connectivity index (χ3n) is 3.48. The van der Waals surface area contributed by atoms with Crippen molar-refractivity contribution in [2.75, 3.05) is 13.2 Å². The van der Waals surface area contributed by atoms with Crippen molar-refractivity contribution in [3.63, 3.8) is 0 Å². The zero-order valence-electron chi connectivity index (χ0n) is 13.9. The molecule has 1 N–H and O–H groups in total. The topological polar surface area (TPSA) is 39.1 Å². The van der Waals surface area contributed by atoms with Gasteiger partial charge in [0.05, 0.1) is 12.1 Å². The van der Waals surface area contributed by atoms with Gasteiger partial charge >= 0.3 is 0 Å². The van der Waals surface area contributed by atoms with E-state index in [1.54, 1.807) is 0 Å². The van der Waals surface area contributed by atoms with Crippen LogP contribution >= 0.6 is 0 Å². The molecule has 0 saturated heterocycles. The van der Waals surface area contributed by atoms with Crippen LogP contribution in [0.4, 0.5) is 0 Å². The fraction of sp³-hybridized carbons (Fsp3) is 0.812. The summed E-state index contributed by atoms with van der Waals surface area (Å²) in [6.45, 7) is 15.7. The van der Waals surface area contributed by atoms with Crippen LogP contribution < -0.4 is 5.32 Å². The molecule has 1 aromatic heterocycles. The Morgan fingerprint density at radius 1 is 1.30 bits per heavy atom. The minimum atomic E-state index is 0.0614. The van der Waals surface area contributed by atoms with E-state index in [9.17, 15) is 0 Å². The van der Waals surface area contributed by atoms with Gasteiger partial charge in [0.25, 0.3) is 0 Å². The maximum atomic E-state index is 6.07. The van der Waals surface area contributed by atoms with Gasteiger partial charge in [0.15, 0.2) is 0 Å². The van der Waals surface area contributed by atoms with Crippen LogP contribution in [0.5, 0.6) is 0 Å². The SMILES string of the molecule is CCCNC(c1nccn1CC)C(OCC)C(C)(C)C. The van der Waals surface area contributed by atoms with Gasteiger partial charge < -0.3 is 14.6 Å². The molecule has 4 nitrogen and oxygen atoms in total. The van der Waals surface area contributed by atoms with Crippen LogP contribution in [-0.2, 0) is 11.3 Å². The van der Waals surface area contributed by atoms with Crippen molar-refractivity contribution >= 4 is 0 Å². The minimum absolute atomic E-state index is 0.0614. The number of ether oxygens (including phenoxy) is 1. The van der Waals surface area contributed by atoms with Gasteiger partial charge in [-0.25, -0.2) is 4.98 Å². The third-order valence-corrected chi connectivity index (χ3v) is 3.48. The highest BCUT2D eigenvalue weighted by Gasteiger charge is 2.35. The Kier molecular flexibility index (Phi) is 6.69. The van der Waals surface area contributed by atoms with Gasteiger partial charge in [-0.1, -0.05) is 27.7 Å². The lowest BCUT2D eigenvalue weighted by atomic mass is 9.84. The van der Waals surface area contributed by atoms with Gasteiger partial charge in [-0.3, -0.25) is 0 Å². The highest BCUT2D eigenvalue weighted by Crippen LogP contribution is 2.32. The Bertz CT molecular complexity index is 381. The minimum Gasteiger partial charge on any atom is -0.376 e. The standard InChI is InChI=1S/C16H31N3O/c1-7-10-17-13(14(20-9-3)16(4,5)6)15-18-11-12-19(15)8-2/h11-14,17H,7-10H2,1-6H3. The summed E-state index contributed by atoms with van der Waals surface area (Å²) in [7, 11) is 0. The molecular formula is C16H31N3O. The van der Waals surface area contributed by atoms with E-state index >= 15 is 0 Å². The first kappa shape index (κ1) is 17.2. The highest BCUT2D eigenvalue weighted by atomic mass is 16.5. The predicted molar refractivity (Wildman–Crippen MR) is 83.8 cm³/mol. The van der Waals surface area contributed by atoms with Crippen LogP contribution in [0.1, 0.15) is 59.8 Å². The Hall–Kier alpha value is -0.870. The number of aromatic nitrogens is 2. The molecule has 0 radical (unpaired) electrons. The van der Waals surface area contributed by atoms with E-state index in [0.717, 1.165) is 31.9 Å². The first-order valence-electron chi connectivity index (χ1n) is 7.81. The summed E-state index contributed by atoms with van der Waals surface area (Å²) < 4.78 is 8.27. The van der Waals surface area contributed by atoms with Crippen LogP contribution in [0.25, 0.3) is 0 Å². The van der Waals surface area contributed by atoms with Crippen LogP contribution in [0.15, 0.2) is 12.4 Å². The first-order chi connectivity index (χ1) is 9.45. The van der Waals surface area contributed by atoms with Crippen LogP contribution in [0, 0.1) is 5.41 Å². The second-order valence-electron chi connectivity index (χ2n) is 6.25. The molecule has 0 amide bonds. The van der Waals surface area contributed by atoms with Gasteiger partial charge in [0, 0.05) is 25.5 Å². The van der Waals surface area contributed by atoms with Crippen molar-refractivity contribution in [2.45, 2.75) is 66.7 Å². The van der Waals surface area contributed by atoms with Gasteiger partial charge in [0.1, 0.15) is 5.82 Å². The summed E-state index contributed by atoms with van der Waals surface area (Å²) >= 11 is 0. The summed E-state index contributed by atoms with van der Waals surface area (Å²) in [6, 6.07) is 0.129. The Morgan fingerprint density at radius 2 is 2.00 bits per heavy atom. The molecule has 0 aliphatic carbocycles. The van der Waals surface area contributed by atoms with Crippen molar-refractivity contribution in [3.05, 3.63) is 18.2 Å². The molecule has 1 aromatic rings. The third kappa shape index (κ3) is 4.32. The molecule has 0 fully saturated rings. The number of nitrogens with one attached hydrogen (secondary N) is 1. The molecule has 4 heteroatoms. The van der Waals surface area contributed by atoms with Gasteiger partial charge in [-0.2, -0.15) is 0 Å². The number of hydrogen-bond donors (Lipinski definition) is 1. The quantitative estimate of drug-likeness (QED) is 0.794. The summed E-state index contributed by atoms with van der Waals surface area (Å²) in [4.78, 5) is 4.58. The van der Waals surface area contributed by atoms with E-state index in [2.05, 4.69) is 56.4 Å². The van der Waals surface area contributed by atoms with Gasteiger partial charge in [-0.15, -0.1) is 0 Å². The van der Waals surface area contributed by atoms with Crippen molar-refractivity contribution in [1.82, 2.24) is 14.9 Å². The molecule has 2 atom stereocenters. The van der Waals surface area contributed by atoms with Crippen molar-refractivity contribution < 1.29 is 4.74 Å². The van der Waals surface area contributed by atoms with Gasteiger partial charge in [0.2, 0.25) is 0 Å². The van der Waals surface area contributed by atoms with E-state index in [0.29, 0.717) is 0 Å². The Labute approximate surface area is 123 Å². The number of aryl methyl sites for hydroxylation is 1. The van der Waals surface area contributed by atoms with E-state index < -0.39 is 0 Å². The maximum Gasteiger partial charge on any atom is 0.128 e. The summed E-state index contributed by atoms with van der Waals surface area (Å²) in [5.41, 5.74) is 0.0614. The van der Waals surface area contributed by atoms with Crippen molar-refractivity contribution in [1.29, 1.82) is 0 Å². The molecule has 0 aliphatic rings. The van der Waals surface area contributed by atoms with E-state index in [1.807, 2.05) is 12.4 Å². The summed E-state index contributed by atoms with van der Waals surface area (Å²) in [6.07, 6.45) is 5.13. The van der Waals surface area contributed by atoms with Crippen LogP contribution in [0.2, 0.25) is 0 Å². The molecule has 20 heavy (non-hydrogen) atoms. The molecule has 0 spiro atoms. The molecule has 1 heterocycles. The van der Waals surface area contributed by atoms with Crippen molar-refractivity contribution in [2.24, 2.45) is 5.41 Å². The number of imidazole rings is 1. The average molecular weight is 281 g/mol. The number of nitrogens with zero attached hydrogens (tertiary/aromatic N) is 2. The highest BCUT2D eigenvalue weighted by molar-refractivity contribution is 5.05. The fourth-order valence-corrected chi connectivity index (χ4v) is 2.53. The average Bonchev–Trinajstić information content (AvgIpc) is 2.85. The normalized spacial score (nSPS) is 15.3. The monoisotopic (exact) mass is 281 g/mol. The lowest BCUT2D eigenvalue weighted by Gasteiger charge is -2.37. The van der Waals surface area contributed by atoms with Gasteiger partial charge in [-0.05, 0) is 32.2 Å². The zero-order chi connectivity index (χ0) is 15.2. The Balaban J connectivity index is 3.08. The van der Waals surface area contributed by atoms with E-state index in [4.69, 9.17) is 4.74 Å². The first-order valence-corrected chi connectivity index (χ1v) is 7.81. The summed E-state index contributed by atoms with van der Waals surface area (Å²) in [5, 5.41) is 3.63. The second-order valence-corrected chi connectivity index (χ2v) is 6.25. The molecular weight excluding hydrogens is 250 g/mol. The molecule has 0 saturated carbocycles. The predicted octanol–water partition coefficient (Wildman–Crippen LogP) is 3.39. The molecule has 0 aromatic carbocycles. The molecule has 2 unspecified atom stereocenters. The Morgan fingerprint density at radius 3 is 2.50 bits per heavy atom. The fourth-order valence-electron chi connectivity index (χ4n) is 2.53. The second kappa shape index (κ2) is 7.79. The smallest absolute Gasteiger partial charge is 0.128 e. The molecule has 0 bridgehead atoms. The largest absolute Gasteiger partial charge is 0.376 e. The molecule has 0 aliphatic heterocycles. The van der Waals surface area contributed by atoms with Crippen LogP contribution in [0.3, 0.4) is 0 Å². The zero-order valence-corrected chi connectivity index (χ0v) is 13.9. The van der Waals surface area contributed by atoms with E-state index in [-0.39, 0.29) is 17.6 Å². The van der Waals surface area contributed by atoms with Crippen molar-refractivity contribution in [3.8, 4) is 0 Å². The van der Waals surface area contributed by atoms with E-state index in [1.165, 1.54) is 0 Å². The summed E-state index contributed by atoms with van der Waals surface area (Å²) in [5.74, 6) is 1.08. The number of rotatable bonds is 8. The molecule has 1 rings (SSSR count). The number of hydrogen-bond acceptors (Lipinski definition) is 3. The van der Waals surface area contributed by atoms with Crippen LogP contribution in [-0.4, -0.2) is 28.8 Å². The lowest BCUT2D eigenvalue weighted by Crippen LogP contribution is -2.43.